The predicted molar refractivity (Wildman–Crippen MR) is 122 cm³/mol. The van der Waals surface area contributed by atoms with Crippen molar-refractivity contribution in [3.05, 3.63) is 56.0 Å². The average molecular weight is 460 g/mol. The number of nitrogens with one attached hydrogen (secondary N) is 1. The van der Waals surface area contributed by atoms with Crippen LogP contribution in [0.3, 0.4) is 0 Å². The number of anilines is 1. The van der Waals surface area contributed by atoms with E-state index in [1.807, 2.05) is 12.4 Å². The van der Waals surface area contributed by atoms with E-state index in [2.05, 4.69) is 25.2 Å². The first-order valence-electron chi connectivity index (χ1n) is 10.5. The Balaban J connectivity index is 1.48. The Kier molecular flexibility index (Phi) is 6.83. The fraction of sp³-hybridized carbons (Fsp3) is 0.476. The van der Waals surface area contributed by atoms with E-state index in [1.54, 1.807) is 20.2 Å². The Morgan fingerprint density at radius 2 is 1.84 bits per heavy atom. The molecule has 1 N–H and O–H groups in total. The number of ether oxygens (including phenoxy) is 1. The number of aryl methyl sites for hydroxylation is 1. The average Bonchev–Trinajstić information content (AvgIpc) is 2.82. The van der Waals surface area contributed by atoms with E-state index in [4.69, 9.17) is 16.3 Å². The van der Waals surface area contributed by atoms with Gasteiger partial charge >= 0.3 is 11.1 Å². The highest BCUT2D eigenvalue weighted by atomic mass is 35.5. The van der Waals surface area contributed by atoms with Gasteiger partial charge in [0, 0.05) is 70.5 Å². The summed E-state index contributed by atoms with van der Waals surface area (Å²) in [5, 5.41) is 3.68. The molecule has 0 spiro atoms. The van der Waals surface area contributed by atoms with Crippen LogP contribution in [0.25, 0.3) is 11.2 Å². The summed E-state index contributed by atoms with van der Waals surface area (Å²) in [6.07, 6.45) is 6.49. The largest absolute Gasteiger partial charge is 0.383 e. The van der Waals surface area contributed by atoms with Crippen molar-refractivity contribution in [1.82, 2.24) is 29.4 Å². The standard InChI is InChI=1S/C21H26ClN7O3/c1-27-17-9-15(22)13-24-18(17)29(20(31)19(27)30)16-3-6-28(7-4-16)21-25-11-14(12-26-21)10-23-5-8-32-2/h9,11-13,16,23H,3-8,10H2,1-2H3. The van der Waals surface area contributed by atoms with E-state index in [0.29, 0.717) is 61.2 Å². The molecule has 11 heteroatoms. The Labute approximate surface area is 189 Å². The summed E-state index contributed by atoms with van der Waals surface area (Å²) in [7, 11) is 3.23. The number of halogens is 1. The maximum Gasteiger partial charge on any atom is 0.318 e. The van der Waals surface area contributed by atoms with Gasteiger partial charge in [-0.25, -0.2) is 15.0 Å². The van der Waals surface area contributed by atoms with Crippen molar-refractivity contribution < 1.29 is 4.74 Å². The number of nitrogens with zero attached hydrogens (tertiary/aromatic N) is 6. The molecule has 10 nitrogen and oxygen atoms in total. The van der Waals surface area contributed by atoms with Crippen LogP contribution in [0.2, 0.25) is 5.02 Å². The summed E-state index contributed by atoms with van der Waals surface area (Å²) >= 11 is 6.07. The number of methoxy groups -OCH3 is 1. The molecular formula is C21H26ClN7O3. The smallest absolute Gasteiger partial charge is 0.318 e. The van der Waals surface area contributed by atoms with Crippen molar-refractivity contribution in [1.29, 1.82) is 0 Å². The van der Waals surface area contributed by atoms with E-state index >= 15 is 0 Å². The second kappa shape index (κ2) is 9.76. The molecule has 1 aliphatic rings. The van der Waals surface area contributed by atoms with Crippen LogP contribution in [0.1, 0.15) is 24.4 Å². The first-order chi connectivity index (χ1) is 15.5. The summed E-state index contributed by atoms with van der Waals surface area (Å²) in [4.78, 5) is 40.8. The molecule has 32 heavy (non-hydrogen) atoms. The first-order valence-corrected chi connectivity index (χ1v) is 10.9. The summed E-state index contributed by atoms with van der Waals surface area (Å²) < 4.78 is 7.85. The number of hydrogen-bond acceptors (Lipinski definition) is 8. The number of piperidine rings is 1. The Morgan fingerprint density at radius 3 is 2.53 bits per heavy atom. The van der Waals surface area contributed by atoms with Crippen LogP contribution >= 0.6 is 11.6 Å². The molecule has 1 fully saturated rings. The van der Waals surface area contributed by atoms with Gasteiger partial charge < -0.3 is 19.5 Å². The zero-order valence-electron chi connectivity index (χ0n) is 18.1. The van der Waals surface area contributed by atoms with E-state index in [-0.39, 0.29) is 6.04 Å². The molecule has 0 bridgehead atoms. The monoisotopic (exact) mass is 459 g/mol. The van der Waals surface area contributed by atoms with Gasteiger partial charge in [0.25, 0.3) is 0 Å². The highest BCUT2D eigenvalue weighted by molar-refractivity contribution is 6.31. The SMILES string of the molecule is COCCNCc1cnc(N2CCC(n3c(=O)c(=O)n(C)c4cc(Cl)cnc43)CC2)nc1. The van der Waals surface area contributed by atoms with Crippen LogP contribution in [-0.4, -0.2) is 57.4 Å². The maximum absolute atomic E-state index is 12.8. The third kappa shape index (κ3) is 4.52. The maximum atomic E-state index is 12.8. The molecule has 0 aliphatic carbocycles. The van der Waals surface area contributed by atoms with E-state index in [1.165, 1.54) is 15.3 Å². The van der Waals surface area contributed by atoms with Crippen LogP contribution in [-0.2, 0) is 18.3 Å². The molecule has 0 radical (unpaired) electrons. The number of aromatic nitrogens is 5. The predicted octanol–water partition coefficient (Wildman–Crippen LogP) is 1.12. The fourth-order valence-electron chi connectivity index (χ4n) is 3.98. The molecule has 0 amide bonds. The van der Waals surface area contributed by atoms with E-state index in [9.17, 15) is 9.59 Å². The van der Waals surface area contributed by atoms with Crippen molar-refractivity contribution >= 4 is 28.7 Å². The number of fused-ring (bicyclic) bond motifs is 1. The van der Waals surface area contributed by atoms with Gasteiger partial charge in [0.05, 0.1) is 17.1 Å². The van der Waals surface area contributed by atoms with Crippen LogP contribution in [0.15, 0.2) is 34.2 Å². The molecule has 0 unspecified atom stereocenters. The second-order valence-corrected chi connectivity index (χ2v) is 8.25. The summed E-state index contributed by atoms with van der Waals surface area (Å²) in [6.45, 7) is 3.45. The Bertz CT molecular complexity index is 1200. The Hall–Kier alpha value is -2.82. The zero-order chi connectivity index (χ0) is 22.7. The van der Waals surface area contributed by atoms with Crippen molar-refractivity contribution in [2.45, 2.75) is 25.4 Å². The molecule has 0 aromatic carbocycles. The summed E-state index contributed by atoms with van der Waals surface area (Å²) in [6, 6.07) is 1.53. The lowest BCUT2D eigenvalue weighted by Gasteiger charge is -2.33. The number of rotatable bonds is 7. The van der Waals surface area contributed by atoms with Gasteiger partial charge in [-0.1, -0.05) is 11.6 Å². The zero-order valence-corrected chi connectivity index (χ0v) is 18.9. The van der Waals surface area contributed by atoms with Crippen molar-refractivity contribution in [2.24, 2.45) is 7.05 Å². The molecular weight excluding hydrogens is 434 g/mol. The highest BCUT2D eigenvalue weighted by Crippen LogP contribution is 2.26. The quantitative estimate of drug-likeness (QED) is 0.413. The van der Waals surface area contributed by atoms with Crippen molar-refractivity contribution in [2.75, 3.05) is 38.3 Å². The third-order valence-electron chi connectivity index (χ3n) is 5.73. The van der Waals surface area contributed by atoms with Gasteiger partial charge in [-0.15, -0.1) is 0 Å². The van der Waals surface area contributed by atoms with Crippen molar-refractivity contribution in [3.63, 3.8) is 0 Å². The van der Waals surface area contributed by atoms with Crippen LogP contribution in [0, 0.1) is 0 Å². The van der Waals surface area contributed by atoms with E-state index < -0.39 is 11.1 Å². The van der Waals surface area contributed by atoms with Crippen LogP contribution in [0.5, 0.6) is 0 Å². The normalized spacial score (nSPS) is 14.9. The van der Waals surface area contributed by atoms with Crippen LogP contribution < -0.4 is 21.3 Å². The summed E-state index contributed by atoms with van der Waals surface area (Å²) in [5.41, 5.74) is 0.878. The minimum absolute atomic E-state index is 0.131. The third-order valence-corrected chi connectivity index (χ3v) is 5.93. The van der Waals surface area contributed by atoms with Gasteiger partial charge in [-0.3, -0.25) is 14.2 Å². The lowest BCUT2D eigenvalue weighted by molar-refractivity contribution is 0.199. The highest BCUT2D eigenvalue weighted by Gasteiger charge is 2.26. The minimum atomic E-state index is -0.581. The van der Waals surface area contributed by atoms with Gasteiger partial charge in [0.2, 0.25) is 5.95 Å². The molecule has 0 atom stereocenters. The lowest BCUT2D eigenvalue weighted by atomic mass is 10.0. The number of pyridine rings is 1. The Morgan fingerprint density at radius 1 is 1.12 bits per heavy atom. The number of hydrogen-bond donors (Lipinski definition) is 1. The molecule has 170 valence electrons. The molecule has 3 aromatic rings. The first kappa shape index (κ1) is 22.4. The molecule has 4 heterocycles. The molecule has 1 aliphatic heterocycles. The topological polar surface area (TPSA) is 107 Å². The van der Waals surface area contributed by atoms with Gasteiger partial charge in [0.15, 0.2) is 5.65 Å². The molecule has 4 rings (SSSR count). The van der Waals surface area contributed by atoms with Gasteiger partial charge in [-0.2, -0.15) is 0 Å². The van der Waals surface area contributed by atoms with Crippen molar-refractivity contribution in [3.8, 4) is 0 Å². The second-order valence-electron chi connectivity index (χ2n) is 7.81. The van der Waals surface area contributed by atoms with E-state index in [0.717, 1.165) is 12.1 Å². The summed E-state index contributed by atoms with van der Waals surface area (Å²) in [5.74, 6) is 0.662. The molecule has 1 saturated heterocycles. The van der Waals surface area contributed by atoms with Crippen LogP contribution in [0.4, 0.5) is 5.95 Å². The van der Waals surface area contributed by atoms with Gasteiger partial charge in [-0.05, 0) is 18.9 Å². The van der Waals surface area contributed by atoms with Gasteiger partial charge in [0.1, 0.15) is 0 Å². The molecule has 0 saturated carbocycles. The molecule has 3 aromatic heterocycles. The lowest BCUT2D eigenvalue weighted by Crippen LogP contribution is -2.45. The fourth-order valence-corrected chi connectivity index (χ4v) is 4.13. The minimum Gasteiger partial charge on any atom is -0.383 e.